The standard InChI is InChI=1S/C38H32N4O2/c1-23-18-24(2)42(40-23)26-20-31-30-11-7-9-13-34(30)44-37(31)35(21-26)43-27-14-15-29-28-10-6-8-12-32(28)41(33(29)22-27)36-19-25(16-17-39-36)38(3,4)5/h6-22H,1-5H3. The van der Waals surface area contributed by atoms with Gasteiger partial charge < -0.3 is 9.15 Å². The molecule has 0 aliphatic heterocycles. The van der Waals surface area contributed by atoms with Crippen molar-refractivity contribution in [3.8, 4) is 23.0 Å². The Balaban J connectivity index is 1.33. The average molecular weight is 577 g/mol. The van der Waals surface area contributed by atoms with Crippen LogP contribution in [-0.4, -0.2) is 19.3 Å². The van der Waals surface area contributed by atoms with Gasteiger partial charge >= 0.3 is 0 Å². The van der Waals surface area contributed by atoms with E-state index in [0.717, 1.165) is 55.7 Å². The van der Waals surface area contributed by atoms with Crippen molar-refractivity contribution >= 4 is 43.7 Å². The van der Waals surface area contributed by atoms with Gasteiger partial charge in [-0.2, -0.15) is 5.10 Å². The molecule has 0 amide bonds. The maximum absolute atomic E-state index is 6.73. The Hall–Kier alpha value is -5.36. The summed E-state index contributed by atoms with van der Waals surface area (Å²) in [6.45, 7) is 10.7. The van der Waals surface area contributed by atoms with Gasteiger partial charge in [-0.25, -0.2) is 9.67 Å². The van der Waals surface area contributed by atoms with Crippen LogP contribution in [0.5, 0.6) is 11.5 Å². The van der Waals surface area contributed by atoms with E-state index in [1.807, 2.05) is 48.1 Å². The van der Waals surface area contributed by atoms with Crippen LogP contribution in [0.2, 0.25) is 0 Å². The first kappa shape index (κ1) is 26.3. The molecule has 8 aromatic rings. The van der Waals surface area contributed by atoms with Gasteiger partial charge in [-0.3, -0.25) is 4.57 Å². The Bertz CT molecular complexity index is 2380. The van der Waals surface area contributed by atoms with E-state index in [1.165, 1.54) is 10.9 Å². The van der Waals surface area contributed by atoms with Crippen LogP contribution in [0.3, 0.4) is 0 Å². The summed E-state index contributed by atoms with van der Waals surface area (Å²) in [6, 6.07) is 33.3. The smallest absolute Gasteiger partial charge is 0.178 e. The van der Waals surface area contributed by atoms with Gasteiger partial charge in [-0.15, -0.1) is 0 Å². The molecule has 0 bridgehead atoms. The summed E-state index contributed by atoms with van der Waals surface area (Å²) in [7, 11) is 0. The molecule has 0 aliphatic carbocycles. The number of hydrogen-bond donors (Lipinski definition) is 0. The van der Waals surface area contributed by atoms with E-state index in [2.05, 4.69) is 99.0 Å². The summed E-state index contributed by atoms with van der Waals surface area (Å²) >= 11 is 0. The highest BCUT2D eigenvalue weighted by Gasteiger charge is 2.20. The molecule has 216 valence electrons. The van der Waals surface area contributed by atoms with Crippen LogP contribution in [-0.2, 0) is 5.41 Å². The third-order valence-electron chi connectivity index (χ3n) is 8.40. The minimum atomic E-state index is -0.000830. The van der Waals surface area contributed by atoms with Gasteiger partial charge in [0.2, 0.25) is 0 Å². The summed E-state index contributed by atoms with van der Waals surface area (Å²) in [4.78, 5) is 4.83. The third-order valence-corrected chi connectivity index (χ3v) is 8.40. The van der Waals surface area contributed by atoms with Crippen LogP contribution >= 0.6 is 0 Å². The summed E-state index contributed by atoms with van der Waals surface area (Å²) in [6.07, 6.45) is 1.90. The first-order chi connectivity index (χ1) is 21.2. The van der Waals surface area contributed by atoms with Crippen molar-refractivity contribution in [3.63, 3.8) is 0 Å². The second-order valence-corrected chi connectivity index (χ2v) is 12.5. The molecule has 0 saturated heterocycles. The van der Waals surface area contributed by atoms with E-state index in [-0.39, 0.29) is 5.41 Å². The number of hydrogen-bond acceptors (Lipinski definition) is 4. The number of furan rings is 1. The monoisotopic (exact) mass is 576 g/mol. The van der Waals surface area contributed by atoms with Crippen molar-refractivity contribution in [2.75, 3.05) is 0 Å². The van der Waals surface area contributed by atoms with E-state index >= 15 is 0 Å². The maximum Gasteiger partial charge on any atom is 0.178 e. The second-order valence-electron chi connectivity index (χ2n) is 12.5. The van der Waals surface area contributed by atoms with E-state index in [9.17, 15) is 0 Å². The lowest BCUT2D eigenvalue weighted by Gasteiger charge is -2.20. The molecular formula is C38H32N4O2. The summed E-state index contributed by atoms with van der Waals surface area (Å²) in [5.74, 6) is 2.23. The van der Waals surface area contributed by atoms with Crippen molar-refractivity contribution in [2.45, 2.75) is 40.0 Å². The normalized spacial score (nSPS) is 12.2. The molecule has 4 aromatic heterocycles. The molecule has 0 saturated carbocycles. The zero-order valence-corrected chi connectivity index (χ0v) is 25.4. The van der Waals surface area contributed by atoms with Crippen LogP contribution in [0.4, 0.5) is 0 Å². The average Bonchev–Trinajstić information content (AvgIpc) is 3.67. The molecule has 0 atom stereocenters. The van der Waals surface area contributed by atoms with Crippen LogP contribution < -0.4 is 4.74 Å². The highest BCUT2D eigenvalue weighted by atomic mass is 16.5. The number of ether oxygens (including phenoxy) is 1. The highest BCUT2D eigenvalue weighted by Crippen LogP contribution is 2.41. The molecule has 0 fully saturated rings. The highest BCUT2D eigenvalue weighted by molar-refractivity contribution is 6.10. The van der Waals surface area contributed by atoms with Gasteiger partial charge in [0, 0.05) is 45.6 Å². The molecule has 44 heavy (non-hydrogen) atoms. The Morgan fingerprint density at radius 1 is 0.727 bits per heavy atom. The second kappa shape index (κ2) is 9.58. The number of aromatic nitrogens is 4. The van der Waals surface area contributed by atoms with Crippen molar-refractivity contribution in [1.82, 2.24) is 19.3 Å². The number of nitrogens with zero attached hydrogens (tertiary/aromatic N) is 4. The number of aryl methyl sites for hydroxylation is 2. The number of fused-ring (bicyclic) bond motifs is 6. The van der Waals surface area contributed by atoms with Crippen LogP contribution in [0.15, 0.2) is 108 Å². The largest absolute Gasteiger partial charge is 0.453 e. The molecular weight excluding hydrogens is 544 g/mol. The summed E-state index contributed by atoms with van der Waals surface area (Å²) in [5, 5.41) is 9.09. The van der Waals surface area contributed by atoms with Crippen LogP contribution in [0.1, 0.15) is 37.7 Å². The molecule has 0 N–H and O–H groups in total. The molecule has 4 heterocycles. The first-order valence-electron chi connectivity index (χ1n) is 14.9. The van der Waals surface area contributed by atoms with E-state index in [0.29, 0.717) is 17.1 Å². The number of pyridine rings is 1. The molecule has 0 radical (unpaired) electrons. The Morgan fingerprint density at radius 3 is 2.30 bits per heavy atom. The third kappa shape index (κ3) is 4.17. The summed E-state index contributed by atoms with van der Waals surface area (Å²) < 4.78 is 17.3. The zero-order chi connectivity index (χ0) is 30.2. The number of benzene rings is 4. The molecule has 6 nitrogen and oxygen atoms in total. The minimum absolute atomic E-state index is 0.000830. The lowest BCUT2D eigenvalue weighted by atomic mass is 9.88. The van der Waals surface area contributed by atoms with Gasteiger partial charge in [0.05, 0.1) is 22.4 Å². The zero-order valence-electron chi connectivity index (χ0n) is 25.4. The number of rotatable bonds is 4. The van der Waals surface area contributed by atoms with Crippen molar-refractivity contribution in [3.05, 3.63) is 120 Å². The number of para-hydroxylation sites is 2. The lowest BCUT2D eigenvalue weighted by molar-refractivity contribution is 0.476. The fourth-order valence-electron chi connectivity index (χ4n) is 6.26. The van der Waals surface area contributed by atoms with Gasteiger partial charge in [0.15, 0.2) is 11.3 Å². The fraction of sp³-hybridized carbons (Fsp3) is 0.158. The molecule has 8 rings (SSSR count). The molecule has 0 aliphatic rings. The lowest BCUT2D eigenvalue weighted by Crippen LogP contribution is -2.12. The predicted molar refractivity (Wildman–Crippen MR) is 178 cm³/mol. The van der Waals surface area contributed by atoms with E-state index in [4.69, 9.17) is 19.2 Å². The molecule has 4 aromatic carbocycles. The van der Waals surface area contributed by atoms with Crippen molar-refractivity contribution in [1.29, 1.82) is 0 Å². The van der Waals surface area contributed by atoms with Crippen molar-refractivity contribution < 1.29 is 9.15 Å². The van der Waals surface area contributed by atoms with Crippen LogP contribution in [0, 0.1) is 13.8 Å². The Kier molecular flexibility index (Phi) is 5.72. The Morgan fingerprint density at radius 2 is 1.50 bits per heavy atom. The molecule has 0 unspecified atom stereocenters. The van der Waals surface area contributed by atoms with Gasteiger partial charge in [0.25, 0.3) is 0 Å². The predicted octanol–water partition coefficient (Wildman–Crippen LogP) is 9.97. The van der Waals surface area contributed by atoms with E-state index in [1.54, 1.807) is 0 Å². The topological polar surface area (TPSA) is 58.0 Å². The minimum Gasteiger partial charge on any atom is -0.453 e. The van der Waals surface area contributed by atoms with Crippen LogP contribution in [0.25, 0.3) is 55.2 Å². The quantitative estimate of drug-likeness (QED) is 0.209. The van der Waals surface area contributed by atoms with E-state index < -0.39 is 0 Å². The van der Waals surface area contributed by atoms with Gasteiger partial charge in [0.1, 0.15) is 17.2 Å². The molecule has 0 spiro atoms. The molecule has 6 heteroatoms. The first-order valence-corrected chi connectivity index (χ1v) is 14.9. The Labute approximate surface area is 255 Å². The fourth-order valence-corrected chi connectivity index (χ4v) is 6.26. The van der Waals surface area contributed by atoms with Crippen molar-refractivity contribution in [2.24, 2.45) is 0 Å². The van der Waals surface area contributed by atoms with Gasteiger partial charge in [-0.05, 0) is 73.4 Å². The maximum atomic E-state index is 6.73. The van der Waals surface area contributed by atoms with Gasteiger partial charge in [-0.1, -0.05) is 57.2 Å². The SMILES string of the molecule is Cc1cc(C)n(-c2cc(Oc3ccc4c5ccccc5n(-c5cc(C(C)(C)C)ccn5)c4c3)c3oc4ccccc4c3c2)n1. The summed E-state index contributed by atoms with van der Waals surface area (Å²) in [5.41, 5.74) is 7.81.